The summed E-state index contributed by atoms with van der Waals surface area (Å²) in [6.45, 7) is -0.0910. The van der Waals surface area contributed by atoms with E-state index in [0.29, 0.717) is 28.5 Å². The first-order valence-electron chi connectivity index (χ1n) is 8.74. The number of carboxylic acid groups (broad SMARTS) is 1. The molecule has 1 aromatic heterocycles. The van der Waals surface area contributed by atoms with Crippen molar-refractivity contribution in [3.63, 3.8) is 0 Å². The van der Waals surface area contributed by atoms with Gasteiger partial charge in [0.1, 0.15) is 16.4 Å². The Morgan fingerprint density at radius 2 is 1.84 bits per heavy atom. The maximum Gasteiger partial charge on any atom is 0.416 e. The van der Waals surface area contributed by atoms with Gasteiger partial charge in [0, 0.05) is 12.1 Å². The van der Waals surface area contributed by atoms with Crippen molar-refractivity contribution in [3.05, 3.63) is 75.2 Å². The molecule has 0 saturated carbocycles. The summed E-state index contributed by atoms with van der Waals surface area (Å²) in [5, 5.41) is 13.2. The van der Waals surface area contributed by atoms with Crippen molar-refractivity contribution in [1.82, 2.24) is 5.32 Å². The Hall–Kier alpha value is -3.40. The normalized spacial score (nSPS) is 11.3. The number of methoxy groups -OCH3 is 1. The highest BCUT2D eigenvalue weighted by Crippen LogP contribution is 2.31. The number of halogens is 4. The number of rotatable bonds is 6. The lowest BCUT2D eigenvalue weighted by Crippen LogP contribution is -2.24. The minimum atomic E-state index is -4.72. The molecule has 2 aromatic carbocycles. The molecule has 31 heavy (non-hydrogen) atoms. The fourth-order valence-electron chi connectivity index (χ4n) is 2.84. The quantitative estimate of drug-likeness (QED) is 0.503. The molecule has 0 atom stereocenters. The van der Waals surface area contributed by atoms with E-state index in [9.17, 15) is 27.2 Å². The summed E-state index contributed by atoms with van der Waals surface area (Å²) >= 11 is 1.07. The second kappa shape index (κ2) is 8.76. The van der Waals surface area contributed by atoms with Gasteiger partial charge in [0.25, 0.3) is 5.91 Å². The molecule has 10 heteroatoms. The number of thiophene rings is 1. The van der Waals surface area contributed by atoms with E-state index in [1.165, 1.54) is 13.2 Å². The number of carboxylic acids is 1. The molecular formula is C21H15F4NO4S. The van der Waals surface area contributed by atoms with Gasteiger partial charge in [0.05, 0.1) is 18.2 Å². The van der Waals surface area contributed by atoms with Crippen molar-refractivity contribution in [1.29, 1.82) is 0 Å². The van der Waals surface area contributed by atoms with E-state index in [0.717, 1.165) is 17.4 Å². The molecule has 0 radical (unpaired) electrons. The van der Waals surface area contributed by atoms with Crippen LogP contribution >= 0.6 is 11.3 Å². The van der Waals surface area contributed by atoms with Gasteiger partial charge in [-0.05, 0) is 52.9 Å². The number of aromatic carboxylic acids is 1. The van der Waals surface area contributed by atoms with Crippen LogP contribution in [0.5, 0.6) is 5.75 Å². The van der Waals surface area contributed by atoms with E-state index in [1.54, 1.807) is 23.6 Å². The Balaban J connectivity index is 1.80. The Morgan fingerprint density at radius 1 is 1.10 bits per heavy atom. The molecule has 0 aliphatic rings. The van der Waals surface area contributed by atoms with Gasteiger partial charge in [0.15, 0.2) is 0 Å². The second-order valence-electron chi connectivity index (χ2n) is 6.41. The van der Waals surface area contributed by atoms with Crippen molar-refractivity contribution in [2.75, 3.05) is 7.11 Å². The lowest BCUT2D eigenvalue weighted by atomic mass is 10.0. The maximum atomic E-state index is 14.0. The zero-order valence-corrected chi connectivity index (χ0v) is 16.7. The van der Waals surface area contributed by atoms with Crippen LogP contribution in [0.15, 0.2) is 47.8 Å². The second-order valence-corrected chi connectivity index (χ2v) is 7.32. The van der Waals surface area contributed by atoms with Gasteiger partial charge >= 0.3 is 12.1 Å². The first kappa shape index (κ1) is 22.3. The number of amides is 1. The molecule has 0 spiro atoms. The minimum Gasteiger partial charge on any atom is -0.496 e. The summed E-state index contributed by atoms with van der Waals surface area (Å²) in [6.07, 6.45) is -4.72. The topological polar surface area (TPSA) is 75.6 Å². The van der Waals surface area contributed by atoms with Crippen LogP contribution in [0.1, 0.15) is 31.2 Å². The average molecular weight is 453 g/mol. The lowest BCUT2D eigenvalue weighted by Gasteiger charge is -2.13. The predicted octanol–water partition coefficient (Wildman–Crippen LogP) is 5.21. The highest BCUT2D eigenvalue weighted by molar-refractivity contribution is 7.12. The first-order valence-corrected chi connectivity index (χ1v) is 9.62. The van der Waals surface area contributed by atoms with Gasteiger partial charge in [0.2, 0.25) is 0 Å². The molecular weight excluding hydrogens is 438 g/mol. The summed E-state index contributed by atoms with van der Waals surface area (Å²) in [6, 6.07) is 8.22. The lowest BCUT2D eigenvalue weighted by molar-refractivity contribution is -0.137. The summed E-state index contributed by atoms with van der Waals surface area (Å²) in [7, 11) is 1.42. The number of carbonyl (C=O) groups is 2. The van der Waals surface area contributed by atoms with Crippen LogP contribution < -0.4 is 10.1 Å². The number of hydrogen-bond donors (Lipinski definition) is 2. The van der Waals surface area contributed by atoms with Crippen LogP contribution in [-0.4, -0.2) is 24.1 Å². The van der Waals surface area contributed by atoms with Crippen molar-refractivity contribution >= 4 is 23.2 Å². The molecule has 5 nitrogen and oxygen atoms in total. The number of carbonyl (C=O) groups excluding carboxylic acids is 1. The zero-order chi connectivity index (χ0) is 22.8. The fourth-order valence-corrected chi connectivity index (χ4v) is 3.60. The summed E-state index contributed by atoms with van der Waals surface area (Å²) < 4.78 is 57.3. The number of alkyl halides is 3. The van der Waals surface area contributed by atoms with Crippen molar-refractivity contribution in [2.45, 2.75) is 12.7 Å². The standard InChI is InChI=1S/C21H15F4NO4S/c1-30-17-5-2-11(13-7-18(20(28)29)31-10-13)6-12(17)9-26-19(27)15-4-3-14(8-16(15)22)21(23,24)25/h2-8,10H,9H2,1H3,(H,26,27)(H,28,29). The van der Waals surface area contributed by atoms with Crippen LogP contribution in [0.3, 0.4) is 0 Å². The molecule has 0 saturated heterocycles. The Morgan fingerprint density at radius 3 is 2.42 bits per heavy atom. The van der Waals surface area contributed by atoms with Crippen LogP contribution in [0, 0.1) is 5.82 Å². The molecule has 3 aromatic rings. The number of nitrogens with one attached hydrogen (secondary N) is 1. The fraction of sp³-hybridized carbons (Fsp3) is 0.143. The third kappa shape index (κ3) is 5.02. The minimum absolute atomic E-state index is 0.0910. The molecule has 0 aliphatic heterocycles. The first-order chi connectivity index (χ1) is 14.6. The van der Waals surface area contributed by atoms with Gasteiger partial charge in [-0.1, -0.05) is 6.07 Å². The number of benzene rings is 2. The van der Waals surface area contributed by atoms with Gasteiger partial charge in [-0.15, -0.1) is 11.3 Å². The highest BCUT2D eigenvalue weighted by Gasteiger charge is 2.31. The molecule has 0 fully saturated rings. The summed E-state index contributed by atoms with van der Waals surface area (Å²) in [4.78, 5) is 23.5. The maximum absolute atomic E-state index is 14.0. The molecule has 0 aliphatic carbocycles. The van der Waals surface area contributed by atoms with Crippen LogP contribution in [0.25, 0.3) is 11.1 Å². The Kier molecular flexibility index (Phi) is 6.30. The Bertz CT molecular complexity index is 1140. The zero-order valence-electron chi connectivity index (χ0n) is 15.9. The molecule has 1 heterocycles. The largest absolute Gasteiger partial charge is 0.496 e. The monoisotopic (exact) mass is 453 g/mol. The van der Waals surface area contributed by atoms with Crippen LogP contribution in [0.2, 0.25) is 0 Å². The van der Waals surface area contributed by atoms with E-state index in [4.69, 9.17) is 9.84 Å². The van der Waals surface area contributed by atoms with Gasteiger partial charge in [-0.2, -0.15) is 13.2 Å². The third-order valence-electron chi connectivity index (χ3n) is 4.40. The van der Waals surface area contributed by atoms with E-state index >= 15 is 0 Å². The molecule has 0 unspecified atom stereocenters. The SMILES string of the molecule is COc1ccc(-c2csc(C(=O)O)c2)cc1CNC(=O)c1ccc(C(F)(F)F)cc1F. The Labute approximate surface area is 177 Å². The third-order valence-corrected chi connectivity index (χ3v) is 5.32. The van der Waals surface area contributed by atoms with Crippen LogP contribution in [-0.2, 0) is 12.7 Å². The van der Waals surface area contributed by atoms with Crippen molar-refractivity contribution in [3.8, 4) is 16.9 Å². The molecule has 2 N–H and O–H groups in total. The van der Waals surface area contributed by atoms with E-state index in [1.807, 2.05) is 0 Å². The number of hydrogen-bond acceptors (Lipinski definition) is 4. The average Bonchev–Trinajstić information content (AvgIpc) is 3.21. The van der Waals surface area contributed by atoms with Gasteiger partial charge in [-0.25, -0.2) is 9.18 Å². The molecule has 3 rings (SSSR count). The number of ether oxygens (including phenoxy) is 1. The summed E-state index contributed by atoms with van der Waals surface area (Å²) in [5.41, 5.74) is 0.143. The van der Waals surface area contributed by atoms with Gasteiger partial charge < -0.3 is 15.2 Å². The van der Waals surface area contributed by atoms with E-state index < -0.39 is 35.0 Å². The van der Waals surface area contributed by atoms with Crippen LogP contribution in [0.4, 0.5) is 17.6 Å². The van der Waals surface area contributed by atoms with Crippen molar-refractivity contribution < 1.29 is 37.0 Å². The summed E-state index contributed by atoms with van der Waals surface area (Å²) in [5.74, 6) is -2.80. The smallest absolute Gasteiger partial charge is 0.416 e. The highest BCUT2D eigenvalue weighted by atomic mass is 32.1. The van der Waals surface area contributed by atoms with E-state index in [2.05, 4.69) is 5.32 Å². The molecule has 0 bridgehead atoms. The van der Waals surface area contributed by atoms with E-state index in [-0.39, 0.29) is 17.5 Å². The molecule has 1 amide bonds. The van der Waals surface area contributed by atoms with Gasteiger partial charge in [-0.3, -0.25) is 4.79 Å². The predicted molar refractivity (Wildman–Crippen MR) is 106 cm³/mol. The van der Waals surface area contributed by atoms with Crippen molar-refractivity contribution in [2.24, 2.45) is 0 Å². The molecule has 162 valence electrons.